The van der Waals surface area contributed by atoms with Gasteiger partial charge in [0.15, 0.2) is 0 Å². The smallest absolute Gasteiger partial charge is 0.293 e. The Kier molecular flexibility index (Phi) is 7.95. The number of ether oxygens (including phenoxy) is 1. The molecule has 1 aliphatic rings. The van der Waals surface area contributed by atoms with Crippen LogP contribution < -0.4 is 4.74 Å². The molecule has 0 unspecified atom stereocenters. The second-order valence-corrected chi connectivity index (χ2v) is 10.5. The summed E-state index contributed by atoms with van der Waals surface area (Å²) in [5, 5.41) is 11.4. The maximum Gasteiger partial charge on any atom is 0.293 e. The van der Waals surface area contributed by atoms with Crippen LogP contribution >= 0.6 is 55.2 Å². The number of nitro benzene ring substituents is 1. The highest BCUT2D eigenvalue weighted by Gasteiger charge is 2.36. The van der Waals surface area contributed by atoms with Crippen LogP contribution in [0, 0.1) is 10.1 Å². The van der Waals surface area contributed by atoms with Gasteiger partial charge in [-0.3, -0.25) is 24.6 Å². The number of hydrogen-bond donors (Lipinski definition) is 0. The zero-order chi connectivity index (χ0) is 25.1. The molecule has 178 valence electrons. The quantitative estimate of drug-likeness (QED) is 0.151. The molecule has 0 saturated carbocycles. The maximum absolute atomic E-state index is 12.9. The number of imide groups is 1. The van der Waals surface area contributed by atoms with Gasteiger partial charge in [-0.1, -0.05) is 48.0 Å². The lowest BCUT2D eigenvalue weighted by atomic mass is 10.1. The lowest BCUT2D eigenvalue weighted by Gasteiger charge is -2.13. The summed E-state index contributed by atoms with van der Waals surface area (Å²) in [7, 11) is 0. The molecule has 0 aromatic heterocycles. The van der Waals surface area contributed by atoms with Gasteiger partial charge in [0.2, 0.25) is 0 Å². The van der Waals surface area contributed by atoms with E-state index >= 15 is 0 Å². The van der Waals surface area contributed by atoms with Crippen LogP contribution in [0.25, 0.3) is 6.08 Å². The molecule has 0 aliphatic carbocycles. The minimum Gasteiger partial charge on any atom is -0.486 e. The highest BCUT2D eigenvalue weighted by molar-refractivity contribution is 9.11. The van der Waals surface area contributed by atoms with E-state index in [2.05, 4.69) is 31.9 Å². The van der Waals surface area contributed by atoms with Gasteiger partial charge in [0.1, 0.15) is 12.4 Å². The molecule has 1 heterocycles. The fourth-order valence-corrected chi connectivity index (χ4v) is 5.83. The van der Waals surface area contributed by atoms with Crippen LogP contribution in [-0.4, -0.2) is 21.0 Å². The highest BCUT2D eigenvalue weighted by Crippen LogP contribution is 2.39. The Bertz CT molecular complexity index is 1360. The van der Waals surface area contributed by atoms with E-state index in [0.717, 1.165) is 22.2 Å². The van der Waals surface area contributed by atoms with Crippen molar-refractivity contribution in [3.05, 3.63) is 106 Å². The molecule has 0 N–H and O–H groups in total. The molecule has 0 bridgehead atoms. The molecule has 2 amide bonds. The third-order valence-electron chi connectivity index (χ3n) is 5.04. The Morgan fingerprint density at radius 3 is 2.31 bits per heavy atom. The lowest BCUT2D eigenvalue weighted by molar-refractivity contribution is -0.385. The van der Waals surface area contributed by atoms with Crippen molar-refractivity contribution >= 4 is 78.1 Å². The molecule has 0 radical (unpaired) electrons. The summed E-state index contributed by atoms with van der Waals surface area (Å²) in [6.45, 7) is 0.0854. The highest BCUT2D eigenvalue weighted by atomic mass is 79.9. The summed E-state index contributed by atoms with van der Waals surface area (Å²) in [5.74, 6) is 0.0519. The molecular weight excluding hydrogens is 624 g/mol. The first-order valence-corrected chi connectivity index (χ1v) is 12.9. The molecule has 35 heavy (non-hydrogen) atoms. The Morgan fingerprint density at radius 1 is 1.03 bits per heavy atom. The van der Waals surface area contributed by atoms with Gasteiger partial charge in [0.05, 0.1) is 25.3 Å². The largest absolute Gasteiger partial charge is 0.486 e. The van der Waals surface area contributed by atoms with Crippen LogP contribution in [0.4, 0.5) is 10.5 Å². The summed E-state index contributed by atoms with van der Waals surface area (Å²) in [5.41, 5.74) is 1.64. The van der Waals surface area contributed by atoms with Gasteiger partial charge in [0, 0.05) is 22.2 Å². The van der Waals surface area contributed by atoms with E-state index in [1.807, 2.05) is 18.2 Å². The molecule has 1 aliphatic heterocycles. The molecule has 0 atom stereocenters. The van der Waals surface area contributed by atoms with E-state index in [0.29, 0.717) is 25.3 Å². The number of carbonyl (C=O) groups excluding carboxylic acids is 2. The van der Waals surface area contributed by atoms with E-state index in [9.17, 15) is 19.7 Å². The van der Waals surface area contributed by atoms with Crippen molar-refractivity contribution in [2.45, 2.75) is 13.2 Å². The van der Waals surface area contributed by atoms with E-state index in [-0.39, 0.29) is 29.3 Å². The predicted octanol–water partition coefficient (Wildman–Crippen LogP) is 7.59. The van der Waals surface area contributed by atoms with Crippen molar-refractivity contribution in [2.24, 2.45) is 0 Å². The molecule has 0 spiro atoms. The zero-order valence-corrected chi connectivity index (χ0v) is 22.5. The number of hydrogen-bond acceptors (Lipinski definition) is 6. The molecule has 3 aromatic carbocycles. The standard InChI is InChI=1S/C24H15Br2ClN2O5S/c25-17-9-14(10-18(26)22(17)34-13-16-6-1-3-7-19(16)27)11-21-23(30)28(24(31)35-21)12-15-5-2-4-8-20(15)29(32)33/h1-11H,12-13H2/b21-11-. The summed E-state index contributed by atoms with van der Waals surface area (Å²) in [6.07, 6.45) is 1.59. The molecular formula is C24H15Br2ClN2O5S. The van der Waals surface area contributed by atoms with Crippen LogP contribution in [-0.2, 0) is 17.9 Å². The average molecular weight is 639 g/mol. The summed E-state index contributed by atoms with van der Waals surface area (Å²) in [6, 6.07) is 16.9. The predicted molar refractivity (Wildman–Crippen MR) is 142 cm³/mol. The SMILES string of the molecule is O=C1S/C(=C\c2cc(Br)c(OCc3ccccc3Cl)c(Br)c2)C(=O)N1Cc1ccccc1[N+](=O)[O-]. The second-order valence-electron chi connectivity index (χ2n) is 7.35. The Hall–Kier alpha value is -2.66. The number of thioether (sulfide) groups is 1. The summed E-state index contributed by atoms with van der Waals surface area (Å²) < 4.78 is 7.21. The number of nitro groups is 1. The van der Waals surface area contributed by atoms with Gasteiger partial charge in [0.25, 0.3) is 16.8 Å². The van der Waals surface area contributed by atoms with Crippen LogP contribution in [0.5, 0.6) is 5.75 Å². The normalized spacial score (nSPS) is 14.6. The molecule has 3 aromatic rings. The molecule has 11 heteroatoms. The molecule has 4 rings (SSSR count). The second kappa shape index (κ2) is 10.9. The maximum atomic E-state index is 12.9. The van der Waals surface area contributed by atoms with E-state index < -0.39 is 16.1 Å². The van der Waals surface area contributed by atoms with E-state index in [4.69, 9.17) is 16.3 Å². The summed E-state index contributed by atoms with van der Waals surface area (Å²) >= 11 is 14.0. The molecule has 7 nitrogen and oxygen atoms in total. The van der Waals surface area contributed by atoms with Gasteiger partial charge >= 0.3 is 0 Å². The van der Waals surface area contributed by atoms with Gasteiger partial charge in [-0.2, -0.15) is 0 Å². The lowest BCUT2D eigenvalue weighted by Crippen LogP contribution is -2.27. The van der Waals surface area contributed by atoms with Crippen molar-refractivity contribution in [2.75, 3.05) is 0 Å². The van der Waals surface area contributed by atoms with Crippen molar-refractivity contribution < 1.29 is 19.2 Å². The van der Waals surface area contributed by atoms with Crippen molar-refractivity contribution in [3.63, 3.8) is 0 Å². The fourth-order valence-electron chi connectivity index (χ4n) is 3.35. The first-order chi connectivity index (χ1) is 16.7. The number of benzene rings is 3. The topological polar surface area (TPSA) is 89.8 Å². The Labute approximate surface area is 226 Å². The monoisotopic (exact) mass is 636 g/mol. The van der Waals surface area contributed by atoms with Gasteiger partial charge in [-0.25, -0.2) is 0 Å². The third kappa shape index (κ3) is 5.78. The van der Waals surface area contributed by atoms with Crippen LogP contribution in [0.2, 0.25) is 5.02 Å². The van der Waals surface area contributed by atoms with Crippen molar-refractivity contribution in [3.8, 4) is 5.75 Å². The van der Waals surface area contributed by atoms with Crippen molar-refractivity contribution in [1.29, 1.82) is 0 Å². The van der Waals surface area contributed by atoms with Gasteiger partial charge in [-0.05, 0) is 73.5 Å². The Morgan fingerprint density at radius 2 is 1.66 bits per heavy atom. The third-order valence-corrected chi connectivity index (χ3v) is 7.49. The van der Waals surface area contributed by atoms with Crippen LogP contribution in [0.3, 0.4) is 0 Å². The first kappa shape index (κ1) is 25.4. The molecule has 1 fully saturated rings. The number of amides is 2. The first-order valence-electron chi connectivity index (χ1n) is 10.1. The number of halogens is 3. The number of nitrogens with zero attached hydrogens (tertiary/aromatic N) is 2. The van der Waals surface area contributed by atoms with E-state index in [1.165, 1.54) is 18.2 Å². The summed E-state index contributed by atoms with van der Waals surface area (Å²) in [4.78, 5) is 37.4. The van der Waals surface area contributed by atoms with Crippen LogP contribution in [0.1, 0.15) is 16.7 Å². The minimum absolute atomic E-state index is 0.143. The average Bonchev–Trinajstić information content (AvgIpc) is 3.07. The number of carbonyl (C=O) groups is 2. The van der Waals surface area contributed by atoms with E-state index in [1.54, 1.807) is 30.3 Å². The molecule has 1 saturated heterocycles. The number of para-hydroxylation sites is 1. The zero-order valence-electron chi connectivity index (χ0n) is 17.7. The van der Waals surface area contributed by atoms with Gasteiger partial charge < -0.3 is 4.74 Å². The van der Waals surface area contributed by atoms with Gasteiger partial charge in [-0.15, -0.1) is 0 Å². The number of rotatable bonds is 7. The minimum atomic E-state index is -0.533. The Balaban J connectivity index is 1.53. The fraction of sp³-hybridized carbons (Fsp3) is 0.0833. The van der Waals surface area contributed by atoms with Crippen molar-refractivity contribution in [1.82, 2.24) is 4.90 Å². The van der Waals surface area contributed by atoms with Crippen LogP contribution in [0.15, 0.2) is 74.5 Å².